The second-order valence-electron chi connectivity index (χ2n) is 3.63. The summed E-state index contributed by atoms with van der Waals surface area (Å²) in [4.78, 5) is 22.2. The van der Waals surface area contributed by atoms with Crippen LogP contribution in [0.2, 0.25) is 0 Å². The van der Waals surface area contributed by atoms with Crippen molar-refractivity contribution in [3.8, 4) is 0 Å². The molecule has 4 heteroatoms. The van der Waals surface area contributed by atoms with Crippen LogP contribution in [0.25, 0.3) is 0 Å². The lowest BCUT2D eigenvalue weighted by Crippen LogP contribution is -2.43. The van der Waals surface area contributed by atoms with Crippen molar-refractivity contribution in [3.05, 3.63) is 0 Å². The van der Waals surface area contributed by atoms with Gasteiger partial charge in [-0.3, -0.25) is 10.1 Å². The molecule has 68 valence electrons. The van der Waals surface area contributed by atoms with E-state index in [9.17, 15) is 9.59 Å². The summed E-state index contributed by atoms with van der Waals surface area (Å²) in [6.07, 6.45) is 0.382. The van der Waals surface area contributed by atoms with Crippen molar-refractivity contribution in [2.75, 3.05) is 7.11 Å². The van der Waals surface area contributed by atoms with Crippen molar-refractivity contribution in [1.82, 2.24) is 5.32 Å². The number of carbonyl (C=O) groups is 2. The van der Waals surface area contributed by atoms with Crippen LogP contribution in [0.1, 0.15) is 20.3 Å². The van der Waals surface area contributed by atoms with Crippen molar-refractivity contribution in [3.63, 3.8) is 0 Å². The minimum atomic E-state index is -0.759. The number of nitrogens with one attached hydrogen (secondary N) is 1. The van der Waals surface area contributed by atoms with E-state index in [0.29, 0.717) is 6.42 Å². The molecule has 0 bridgehead atoms. The van der Waals surface area contributed by atoms with Gasteiger partial charge < -0.3 is 4.74 Å². The molecule has 1 atom stereocenters. The van der Waals surface area contributed by atoms with E-state index < -0.39 is 12.0 Å². The Labute approximate surface area is 71.3 Å². The summed E-state index contributed by atoms with van der Waals surface area (Å²) in [6.45, 7) is 3.77. The number of rotatable bonds is 1. The van der Waals surface area contributed by atoms with Gasteiger partial charge in [0.15, 0.2) is 11.8 Å². The lowest BCUT2D eigenvalue weighted by molar-refractivity contribution is -0.145. The highest BCUT2D eigenvalue weighted by Crippen LogP contribution is 2.19. The Hall–Kier alpha value is -0.900. The fourth-order valence-corrected chi connectivity index (χ4v) is 1.37. The number of hydrogen-bond donors (Lipinski definition) is 1. The van der Waals surface area contributed by atoms with Gasteiger partial charge >= 0.3 is 5.97 Å². The van der Waals surface area contributed by atoms with Crippen LogP contribution in [-0.4, -0.2) is 30.4 Å². The third-order valence-electron chi connectivity index (χ3n) is 1.91. The fraction of sp³-hybridized carbons (Fsp3) is 0.750. The molecule has 1 heterocycles. The van der Waals surface area contributed by atoms with Gasteiger partial charge in [-0.15, -0.1) is 0 Å². The summed E-state index contributed by atoms with van der Waals surface area (Å²) in [5.41, 5.74) is -0.282. The van der Waals surface area contributed by atoms with Gasteiger partial charge in [-0.2, -0.15) is 0 Å². The standard InChI is InChI=1S/C8H13NO3/c1-8(2)4-5(10)6(9-8)7(11)12-3/h6,9H,4H2,1-3H3. The van der Waals surface area contributed by atoms with E-state index in [-0.39, 0.29) is 11.3 Å². The molecule has 1 unspecified atom stereocenters. The molecule has 0 aromatic rings. The van der Waals surface area contributed by atoms with Crippen LogP contribution in [0.3, 0.4) is 0 Å². The summed E-state index contributed by atoms with van der Waals surface area (Å²) < 4.78 is 4.48. The SMILES string of the molecule is COC(=O)C1NC(C)(C)CC1=O. The Kier molecular flexibility index (Phi) is 2.19. The number of ether oxygens (including phenoxy) is 1. The lowest BCUT2D eigenvalue weighted by atomic mass is 10.0. The molecule has 0 aromatic heterocycles. The zero-order chi connectivity index (χ0) is 9.35. The van der Waals surface area contributed by atoms with E-state index in [1.807, 2.05) is 13.8 Å². The molecule has 0 spiro atoms. The molecule has 0 aromatic carbocycles. The van der Waals surface area contributed by atoms with Crippen LogP contribution in [0.15, 0.2) is 0 Å². The van der Waals surface area contributed by atoms with Crippen molar-refractivity contribution in [2.24, 2.45) is 0 Å². The van der Waals surface area contributed by atoms with Gasteiger partial charge in [0.1, 0.15) is 0 Å². The summed E-state index contributed by atoms with van der Waals surface area (Å²) in [5.74, 6) is -0.586. The van der Waals surface area contributed by atoms with Gasteiger partial charge in [0.05, 0.1) is 7.11 Å². The van der Waals surface area contributed by atoms with Crippen molar-refractivity contribution >= 4 is 11.8 Å². The van der Waals surface area contributed by atoms with Crippen molar-refractivity contribution < 1.29 is 14.3 Å². The molecule has 0 radical (unpaired) electrons. The molecule has 4 nitrogen and oxygen atoms in total. The first-order chi connectivity index (χ1) is 5.46. The molecule has 1 aliphatic heterocycles. The molecule has 1 rings (SSSR count). The van der Waals surface area contributed by atoms with Gasteiger partial charge in [0.2, 0.25) is 0 Å². The quantitative estimate of drug-likeness (QED) is 0.441. The van der Waals surface area contributed by atoms with Crippen molar-refractivity contribution in [1.29, 1.82) is 0 Å². The van der Waals surface area contributed by atoms with Crippen LogP contribution < -0.4 is 5.32 Å². The monoisotopic (exact) mass is 171 g/mol. The van der Waals surface area contributed by atoms with Crippen LogP contribution >= 0.6 is 0 Å². The molecule has 1 N–H and O–H groups in total. The predicted molar refractivity (Wildman–Crippen MR) is 42.6 cm³/mol. The topological polar surface area (TPSA) is 55.4 Å². The van der Waals surface area contributed by atoms with Crippen LogP contribution in [0.5, 0.6) is 0 Å². The number of carbonyl (C=O) groups excluding carboxylic acids is 2. The Bertz CT molecular complexity index is 222. The Balaban J connectivity index is 2.71. The lowest BCUT2D eigenvalue weighted by Gasteiger charge is -2.17. The van der Waals surface area contributed by atoms with Gasteiger partial charge in [-0.05, 0) is 13.8 Å². The zero-order valence-corrected chi connectivity index (χ0v) is 7.51. The van der Waals surface area contributed by atoms with E-state index in [1.165, 1.54) is 7.11 Å². The normalized spacial score (nSPS) is 27.2. The molecular weight excluding hydrogens is 158 g/mol. The second-order valence-corrected chi connectivity index (χ2v) is 3.63. The first-order valence-corrected chi connectivity index (χ1v) is 3.84. The predicted octanol–water partition coefficient (Wildman–Crippen LogP) is -0.131. The van der Waals surface area contributed by atoms with Crippen molar-refractivity contribution in [2.45, 2.75) is 31.8 Å². The van der Waals surface area contributed by atoms with Gasteiger partial charge in [-0.1, -0.05) is 0 Å². The largest absolute Gasteiger partial charge is 0.468 e. The Morgan fingerprint density at radius 3 is 2.58 bits per heavy atom. The molecule has 0 aliphatic carbocycles. The number of hydrogen-bond acceptors (Lipinski definition) is 4. The van der Waals surface area contributed by atoms with Crippen LogP contribution in [0.4, 0.5) is 0 Å². The van der Waals surface area contributed by atoms with Gasteiger partial charge in [-0.25, -0.2) is 4.79 Å². The number of Topliss-reactive ketones (excluding diaryl/α,β-unsaturated/α-hetero) is 1. The highest BCUT2D eigenvalue weighted by molar-refractivity contribution is 6.05. The minimum Gasteiger partial charge on any atom is -0.468 e. The van der Waals surface area contributed by atoms with Crippen LogP contribution in [-0.2, 0) is 14.3 Å². The summed E-state index contributed by atoms with van der Waals surface area (Å²) in [5, 5.41) is 2.91. The maximum absolute atomic E-state index is 11.2. The third-order valence-corrected chi connectivity index (χ3v) is 1.91. The summed E-state index contributed by atoms with van der Waals surface area (Å²) in [7, 11) is 1.28. The maximum atomic E-state index is 11.2. The average molecular weight is 171 g/mol. The molecule has 12 heavy (non-hydrogen) atoms. The molecule has 1 saturated heterocycles. The third kappa shape index (κ3) is 1.64. The maximum Gasteiger partial charge on any atom is 0.330 e. The number of ketones is 1. The summed E-state index contributed by atoms with van der Waals surface area (Å²) in [6, 6.07) is -0.759. The number of esters is 1. The molecular formula is C8H13NO3. The van der Waals surface area contributed by atoms with E-state index in [0.717, 1.165) is 0 Å². The minimum absolute atomic E-state index is 0.0909. The summed E-state index contributed by atoms with van der Waals surface area (Å²) >= 11 is 0. The van der Waals surface area contributed by atoms with Gasteiger partial charge in [0.25, 0.3) is 0 Å². The van der Waals surface area contributed by atoms with E-state index in [1.54, 1.807) is 0 Å². The van der Waals surface area contributed by atoms with E-state index in [4.69, 9.17) is 0 Å². The molecule has 0 saturated carbocycles. The highest BCUT2D eigenvalue weighted by atomic mass is 16.5. The first kappa shape index (κ1) is 9.19. The fourth-order valence-electron chi connectivity index (χ4n) is 1.37. The highest BCUT2D eigenvalue weighted by Gasteiger charge is 2.41. The Morgan fingerprint density at radius 2 is 2.25 bits per heavy atom. The number of methoxy groups -OCH3 is 1. The van der Waals surface area contributed by atoms with Gasteiger partial charge in [0, 0.05) is 12.0 Å². The zero-order valence-electron chi connectivity index (χ0n) is 7.51. The van der Waals surface area contributed by atoms with Crippen LogP contribution in [0, 0.1) is 0 Å². The van der Waals surface area contributed by atoms with E-state index in [2.05, 4.69) is 10.1 Å². The second kappa shape index (κ2) is 2.86. The molecule has 0 amide bonds. The first-order valence-electron chi connectivity index (χ1n) is 3.84. The molecule has 1 aliphatic rings. The van der Waals surface area contributed by atoms with E-state index >= 15 is 0 Å². The average Bonchev–Trinajstić information content (AvgIpc) is 2.23. The Morgan fingerprint density at radius 1 is 1.67 bits per heavy atom. The molecule has 1 fully saturated rings. The smallest absolute Gasteiger partial charge is 0.330 e.